The molecule has 0 aliphatic carbocycles. The number of nitrogens with one attached hydrogen (secondary N) is 1. The number of likely N-dealkylation sites (tertiary alicyclic amines) is 1. The zero-order valence-corrected chi connectivity index (χ0v) is 14.3. The molecule has 1 aliphatic rings. The smallest absolute Gasteiger partial charge is 0.264 e. The second-order valence-corrected chi connectivity index (χ2v) is 6.10. The van der Waals surface area contributed by atoms with Crippen LogP contribution in [0, 0.1) is 0 Å². The summed E-state index contributed by atoms with van der Waals surface area (Å²) in [5.41, 5.74) is 0.323. The van der Waals surface area contributed by atoms with E-state index in [4.69, 9.17) is 4.74 Å². The van der Waals surface area contributed by atoms with Crippen molar-refractivity contribution in [1.82, 2.24) is 19.9 Å². The van der Waals surface area contributed by atoms with Crippen molar-refractivity contribution in [3.05, 3.63) is 46.6 Å². The van der Waals surface area contributed by atoms with E-state index in [2.05, 4.69) is 21.9 Å². The number of nitrogens with zero attached hydrogens (tertiary/aromatic N) is 3. The van der Waals surface area contributed by atoms with Crippen molar-refractivity contribution < 1.29 is 9.53 Å². The second-order valence-electron chi connectivity index (χ2n) is 6.10. The maximum Gasteiger partial charge on any atom is 0.264 e. The molecule has 0 saturated carbocycles. The Labute approximate surface area is 146 Å². The lowest BCUT2D eigenvalue weighted by Gasteiger charge is -2.32. The third kappa shape index (κ3) is 4.11. The molecule has 1 saturated heterocycles. The number of rotatable bonds is 5. The van der Waals surface area contributed by atoms with E-state index in [1.165, 1.54) is 6.20 Å². The van der Waals surface area contributed by atoms with Crippen LogP contribution in [0.5, 0.6) is 0 Å². The molecule has 7 nitrogen and oxygen atoms in total. The molecule has 0 unspecified atom stereocenters. The van der Waals surface area contributed by atoms with Crippen molar-refractivity contribution in [3.8, 4) is 11.4 Å². The number of carbonyl (C=O) groups excluding carboxylic acids is 1. The third-order valence-corrected chi connectivity index (χ3v) is 4.19. The molecule has 1 fully saturated rings. The molecule has 0 aromatic carbocycles. The molecule has 3 rings (SSSR count). The number of aromatic nitrogens is 3. The predicted octanol–water partition coefficient (Wildman–Crippen LogP) is 1.86. The normalized spacial score (nSPS) is 17.5. The summed E-state index contributed by atoms with van der Waals surface area (Å²) in [6.07, 6.45) is 7.41. The van der Waals surface area contributed by atoms with E-state index in [9.17, 15) is 9.59 Å². The molecule has 3 heterocycles. The van der Waals surface area contributed by atoms with Crippen LogP contribution in [-0.2, 0) is 4.74 Å². The minimum atomic E-state index is -0.435. The lowest BCUT2D eigenvalue weighted by Crippen LogP contribution is -2.44. The van der Waals surface area contributed by atoms with Crippen molar-refractivity contribution in [2.45, 2.75) is 32.3 Å². The Hall–Kier alpha value is -2.54. The molecule has 2 aromatic heterocycles. The first-order valence-electron chi connectivity index (χ1n) is 8.59. The van der Waals surface area contributed by atoms with E-state index in [1.54, 1.807) is 29.4 Å². The number of piperidine rings is 1. The van der Waals surface area contributed by atoms with Crippen molar-refractivity contribution in [1.29, 1.82) is 0 Å². The van der Waals surface area contributed by atoms with Crippen LogP contribution in [-0.4, -0.2) is 51.6 Å². The summed E-state index contributed by atoms with van der Waals surface area (Å²) < 4.78 is 5.75. The van der Waals surface area contributed by atoms with Gasteiger partial charge in [-0.3, -0.25) is 14.6 Å². The van der Waals surface area contributed by atoms with Crippen LogP contribution in [0.1, 0.15) is 36.5 Å². The van der Waals surface area contributed by atoms with Crippen LogP contribution >= 0.6 is 0 Å². The molecular formula is C18H22N4O3. The first kappa shape index (κ1) is 17.3. The monoisotopic (exact) mass is 342 g/mol. The number of carbonyl (C=O) groups is 1. The van der Waals surface area contributed by atoms with Gasteiger partial charge in [-0.25, -0.2) is 4.98 Å². The highest BCUT2D eigenvalue weighted by Gasteiger charge is 2.26. The van der Waals surface area contributed by atoms with Crippen LogP contribution < -0.4 is 5.56 Å². The van der Waals surface area contributed by atoms with Gasteiger partial charge in [0.15, 0.2) is 0 Å². The van der Waals surface area contributed by atoms with Crippen molar-refractivity contribution >= 4 is 5.91 Å². The van der Waals surface area contributed by atoms with Gasteiger partial charge in [0.05, 0.1) is 6.10 Å². The molecular weight excluding hydrogens is 320 g/mol. The van der Waals surface area contributed by atoms with Crippen LogP contribution in [0.25, 0.3) is 11.4 Å². The van der Waals surface area contributed by atoms with Gasteiger partial charge in [0, 0.05) is 43.9 Å². The van der Waals surface area contributed by atoms with E-state index in [0.29, 0.717) is 31.1 Å². The van der Waals surface area contributed by atoms with Gasteiger partial charge in [0.2, 0.25) is 0 Å². The molecule has 132 valence electrons. The summed E-state index contributed by atoms with van der Waals surface area (Å²) in [5, 5.41) is 0. The molecule has 7 heteroatoms. The molecule has 2 aromatic rings. The minimum Gasteiger partial charge on any atom is -0.376 e. The van der Waals surface area contributed by atoms with Gasteiger partial charge in [-0.1, -0.05) is 6.92 Å². The Balaban J connectivity index is 1.75. The molecule has 1 atom stereocenters. The van der Waals surface area contributed by atoms with Crippen molar-refractivity contribution in [3.63, 3.8) is 0 Å². The number of pyridine rings is 1. The van der Waals surface area contributed by atoms with Gasteiger partial charge in [-0.05, 0) is 31.4 Å². The van der Waals surface area contributed by atoms with E-state index in [1.807, 2.05) is 0 Å². The lowest BCUT2D eigenvalue weighted by molar-refractivity contribution is 0.00204. The highest BCUT2D eigenvalue weighted by Crippen LogP contribution is 2.16. The zero-order valence-electron chi connectivity index (χ0n) is 14.3. The highest BCUT2D eigenvalue weighted by atomic mass is 16.5. The fraction of sp³-hybridized carbons (Fsp3) is 0.444. The Morgan fingerprint density at radius 3 is 3.04 bits per heavy atom. The first-order valence-corrected chi connectivity index (χ1v) is 8.59. The largest absolute Gasteiger partial charge is 0.376 e. The van der Waals surface area contributed by atoms with Crippen LogP contribution in [0.3, 0.4) is 0 Å². The Bertz CT molecular complexity index is 775. The summed E-state index contributed by atoms with van der Waals surface area (Å²) in [5.74, 6) is 0.105. The van der Waals surface area contributed by atoms with Crippen LogP contribution in [0.15, 0.2) is 35.5 Å². The fourth-order valence-corrected chi connectivity index (χ4v) is 2.91. The van der Waals surface area contributed by atoms with Crippen LogP contribution in [0.4, 0.5) is 0 Å². The molecule has 1 N–H and O–H groups in total. The maximum absolute atomic E-state index is 12.7. The van der Waals surface area contributed by atoms with Gasteiger partial charge in [0.25, 0.3) is 11.5 Å². The summed E-state index contributed by atoms with van der Waals surface area (Å²) in [6.45, 7) is 3.90. The van der Waals surface area contributed by atoms with Gasteiger partial charge < -0.3 is 14.6 Å². The molecule has 1 aliphatic heterocycles. The summed E-state index contributed by atoms with van der Waals surface area (Å²) in [4.78, 5) is 37.6. The van der Waals surface area contributed by atoms with Gasteiger partial charge in [0.1, 0.15) is 11.4 Å². The van der Waals surface area contributed by atoms with Gasteiger partial charge in [-0.15, -0.1) is 0 Å². The minimum absolute atomic E-state index is 0.0411. The molecule has 0 spiro atoms. The molecule has 0 bridgehead atoms. The van der Waals surface area contributed by atoms with E-state index >= 15 is 0 Å². The average Bonchev–Trinajstić information content (AvgIpc) is 2.66. The van der Waals surface area contributed by atoms with E-state index in [-0.39, 0.29) is 17.6 Å². The Kier molecular flexibility index (Phi) is 5.55. The number of H-pyrrole nitrogens is 1. The molecule has 1 amide bonds. The first-order chi connectivity index (χ1) is 12.2. The molecule has 0 radical (unpaired) electrons. The van der Waals surface area contributed by atoms with E-state index < -0.39 is 5.56 Å². The molecule has 25 heavy (non-hydrogen) atoms. The number of aromatic amines is 1. The number of hydrogen-bond acceptors (Lipinski definition) is 5. The van der Waals surface area contributed by atoms with E-state index in [0.717, 1.165) is 19.3 Å². The summed E-state index contributed by atoms with van der Waals surface area (Å²) in [6, 6.07) is 3.56. The Morgan fingerprint density at radius 2 is 2.32 bits per heavy atom. The van der Waals surface area contributed by atoms with Crippen LogP contribution in [0.2, 0.25) is 0 Å². The van der Waals surface area contributed by atoms with Crippen molar-refractivity contribution in [2.75, 3.05) is 19.7 Å². The average molecular weight is 342 g/mol. The Morgan fingerprint density at radius 1 is 1.44 bits per heavy atom. The zero-order chi connectivity index (χ0) is 17.6. The number of amides is 1. The number of ether oxygens (including phenoxy) is 1. The summed E-state index contributed by atoms with van der Waals surface area (Å²) >= 11 is 0. The topological polar surface area (TPSA) is 88.2 Å². The van der Waals surface area contributed by atoms with Gasteiger partial charge in [-0.2, -0.15) is 0 Å². The van der Waals surface area contributed by atoms with Crippen molar-refractivity contribution in [2.24, 2.45) is 0 Å². The quantitative estimate of drug-likeness (QED) is 0.896. The predicted molar refractivity (Wildman–Crippen MR) is 93.3 cm³/mol. The summed E-state index contributed by atoms with van der Waals surface area (Å²) in [7, 11) is 0. The van der Waals surface area contributed by atoms with Gasteiger partial charge >= 0.3 is 0 Å². The third-order valence-electron chi connectivity index (χ3n) is 4.19. The SMILES string of the molecule is CCCO[C@@H]1CCCN(C(=O)c2cnc(-c3cccnc3)[nH]c2=O)C1. The fourth-order valence-electron chi connectivity index (χ4n) is 2.91. The highest BCUT2D eigenvalue weighted by molar-refractivity contribution is 5.93. The lowest BCUT2D eigenvalue weighted by atomic mass is 10.1. The number of hydrogen-bond donors (Lipinski definition) is 1. The second kappa shape index (κ2) is 8.02. The standard InChI is InChI=1S/C18H22N4O3/c1-2-9-25-14-6-4-8-22(12-14)18(24)15-11-20-16(21-17(15)23)13-5-3-7-19-10-13/h3,5,7,10-11,14H,2,4,6,8-9,12H2,1H3,(H,20,21,23)/t14-/m1/s1. The maximum atomic E-state index is 12.7.